The van der Waals surface area contributed by atoms with Crippen molar-refractivity contribution >= 4 is 20.7 Å². The lowest BCUT2D eigenvalue weighted by atomic mass is 10.1. The zero-order valence-electron chi connectivity index (χ0n) is 19.4. The monoisotopic (exact) mass is 499 g/mol. The first-order chi connectivity index (χ1) is 16.8. The third-order valence-electron chi connectivity index (χ3n) is 6.12. The summed E-state index contributed by atoms with van der Waals surface area (Å²) in [6.45, 7) is -0.215. The molecule has 1 fully saturated rings. The summed E-state index contributed by atoms with van der Waals surface area (Å²) < 4.78 is 42.6. The highest BCUT2D eigenvalue weighted by Crippen LogP contribution is 2.29. The molecule has 0 aliphatic carbocycles. The van der Waals surface area contributed by atoms with Gasteiger partial charge in [-0.05, 0) is 48.7 Å². The van der Waals surface area contributed by atoms with Crippen LogP contribution in [0.25, 0.3) is 10.9 Å². The van der Waals surface area contributed by atoms with Crippen molar-refractivity contribution in [3.05, 3.63) is 62.8 Å². The maximum absolute atomic E-state index is 13.6. The SMILES string of the molecule is COc1ccc(Cn2c(=O)c3cc(OCC#N)ccc3n(C3CCS(=O)(=O)CC3)c2=O)cc1OC. The van der Waals surface area contributed by atoms with Crippen molar-refractivity contribution in [2.24, 2.45) is 0 Å². The molecule has 35 heavy (non-hydrogen) atoms. The zero-order valence-corrected chi connectivity index (χ0v) is 20.2. The van der Waals surface area contributed by atoms with Crippen molar-refractivity contribution in [2.75, 3.05) is 32.3 Å². The Hall–Kier alpha value is -3.78. The van der Waals surface area contributed by atoms with Crippen LogP contribution in [0.15, 0.2) is 46.0 Å². The highest BCUT2D eigenvalue weighted by atomic mass is 32.2. The van der Waals surface area contributed by atoms with Crippen LogP contribution in [-0.4, -0.2) is 49.9 Å². The minimum Gasteiger partial charge on any atom is -0.493 e. The standard InChI is InChI=1S/C24H25N3O7S/c1-32-21-6-3-16(13-22(21)33-2)15-26-23(28)19-14-18(34-10-9-25)4-5-20(19)27(24(26)29)17-7-11-35(30,31)12-8-17/h3-6,13-14,17H,7-8,10-12,15H2,1-2H3. The molecular weight excluding hydrogens is 474 g/mol. The molecule has 10 nitrogen and oxygen atoms in total. The van der Waals surface area contributed by atoms with Gasteiger partial charge in [0.25, 0.3) is 5.56 Å². The highest BCUT2D eigenvalue weighted by molar-refractivity contribution is 7.91. The summed E-state index contributed by atoms with van der Waals surface area (Å²) in [6, 6.07) is 11.3. The van der Waals surface area contributed by atoms with Crippen LogP contribution in [0.4, 0.5) is 0 Å². The second kappa shape index (κ2) is 9.84. The van der Waals surface area contributed by atoms with Gasteiger partial charge in [0, 0.05) is 6.04 Å². The van der Waals surface area contributed by atoms with Crippen molar-refractivity contribution < 1.29 is 22.6 Å². The lowest BCUT2D eigenvalue weighted by Crippen LogP contribution is -2.43. The van der Waals surface area contributed by atoms with Crippen molar-refractivity contribution in [2.45, 2.75) is 25.4 Å². The molecular formula is C24H25N3O7S. The first-order valence-electron chi connectivity index (χ1n) is 11.0. The van der Waals surface area contributed by atoms with Crippen molar-refractivity contribution in [3.8, 4) is 23.3 Å². The Morgan fingerprint density at radius 2 is 1.74 bits per heavy atom. The Morgan fingerprint density at radius 1 is 1.03 bits per heavy atom. The quantitative estimate of drug-likeness (QED) is 0.482. The lowest BCUT2D eigenvalue weighted by molar-refractivity contribution is 0.354. The minimum absolute atomic E-state index is 0.0240. The van der Waals surface area contributed by atoms with Gasteiger partial charge >= 0.3 is 5.69 Å². The predicted octanol–water partition coefficient (Wildman–Crippen LogP) is 1.88. The van der Waals surface area contributed by atoms with Crippen LogP contribution in [0.1, 0.15) is 24.4 Å². The number of benzene rings is 2. The van der Waals surface area contributed by atoms with Crippen LogP contribution in [0.3, 0.4) is 0 Å². The van der Waals surface area contributed by atoms with Crippen molar-refractivity contribution in [3.63, 3.8) is 0 Å². The Bertz CT molecular complexity index is 1520. The number of rotatable bonds is 7. The Morgan fingerprint density at radius 3 is 2.40 bits per heavy atom. The van der Waals surface area contributed by atoms with Gasteiger partial charge in [-0.2, -0.15) is 5.26 Å². The molecule has 4 rings (SSSR count). The number of ether oxygens (including phenoxy) is 3. The van der Waals surface area contributed by atoms with E-state index in [1.807, 2.05) is 6.07 Å². The summed E-state index contributed by atoms with van der Waals surface area (Å²) in [5, 5.41) is 9.07. The maximum Gasteiger partial charge on any atom is 0.332 e. The van der Waals surface area contributed by atoms with Crippen LogP contribution in [0.2, 0.25) is 0 Å². The van der Waals surface area contributed by atoms with Gasteiger partial charge in [0.1, 0.15) is 21.7 Å². The van der Waals surface area contributed by atoms with Crippen LogP contribution in [0, 0.1) is 11.3 Å². The molecule has 2 heterocycles. The van der Waals surface area contributed by atoms with E-state index in [2.05, 4.69) is 0 Å². The number of methoxy groups -OCH3 is 2. The normalized spacial score (nSPS) is 15.5. The van der Waals surface area contributed by atoms with Gasteiger partial charge in [-0.3, -0.25) is 13.9 Å². The Kier molecular flexibility index (Phi) is 6.84. The molecule has 0 spiro atoms. The molecule has 0 bridgehead atoms. The van der Waals surface area contributed by atoms with E-state index < -0.39 is 21.1 Å². The van der Waals surface area contributed by atoms with Gasteiger partial charge in [0.05, 0.1) is 43.2 Å². The van der Waals surface area contributed by atoms with Crippen molar-refractivity contribution in [1.29, 1.82) is 5.26 Å². The summed E-state index contributed by atoms with van der Waals surface area (Å²) in [5.41, 5.74) is 0.0159. The summed E-state index contributed by atoms with van der Waals surface area (Å²) >= 11 is 0. The molecule has 0 N–H and O–H groups in total. The number of nitrogens with zero attached hydrogens (tertiary/aromatic N) is 3. The summed E-state index contributed by atoms with van der Waals surface area (Å²) in [4.78, 5) is 27.1. The van der Waals surface area contributed by atoms with E-state index >= 15 is 0 Å². The number of fused-ring (bicyclic) bond motifs is 1. The number of nitriles is 1. The third-order valence-corrected chi connectivity index (χ3v) is 7.84. The van der Waals surface area contributed by atoms with E-state index in [1.54, 1.807) is 30.3 Å². The topological polar surface area (TPSA) is 130 Å². The molecule has 3 aromatic rings. The van der Waals surface area contributed by atoms with E-state index in [4.69, 9.17) is 19.5 Å². The van der Waals surface area contributed by atoms with Crippen molar-refractivity contribution in [1.82, 2.24) is 9.13 Å². The Labute approximate surface area is 201 Å². The third kappa shape index (κ3) is 4.88. The second-order valence-electron chi connectivity index (χ2n) is 8.24. The highest BCUT2D eigenvalue weighted by Gasteiger charge is 2.28. The van der Waals surface area contributed by atoms with Gasteiger partial charge < -0.3 is 14.2 Å². The predicted molar refractivity (Wildman–Crippen MR) is 129 cm³/mol. The summed E-state index contributed by atoms with van der Waals surface area (Å²) in [6.07, 6.45) is 0.553. The minimum atomic E-state index is -3.15. The largest absolute Gasteiger partial charge is 0.493 e. The number of sulfone groups is 1. The molecule has 11 heteroatoms. The Balaban J connectivity index is 1.88. The van der Waals surface area contributed by atoms with Crippen LogP contribution < -0.4 is 25.5 Å². The van der Waals surface area contributed by atoms with Gasteiger partial charge in [0.2, 0.25) is 0 Å². The second-order valence-corrected chi connectivity index (χ2v) is 10.5. The fraction of sp³-hybridized carbons (Fsp3) is 0.375. The fourth-order valence-electron chi connectivity index (χ4n) is 4.36. The van der Waals surface area contributed by atoms with E-state index in [-0.39, 0.29) is 48.9 Å². The van der Waals surface area contributed by atoms with Crippen LogP contribution in [-0.2, 0) is 16.4 Å². The van der Waals surface area contributed by atoms with Gasteiger partial charge in [-0.1, -0.05) is 6.07 Å². The maximum atomic E-state index is 13.6. The zero-order chi connectivity index (χ0) is 25.2. The average molecular weight is 500 g/mol. The van der Waals surface area contributed by atoms with Crippen LogP contribution in [0.5, 0.6) is 17.2 Å². The molecule has 1 aliphatic rings. The van der Waals surface area contributed by atoms with Gasteiger partial charge in [-0.25, -0.2) is 13.2 Å². The van der Waals surface area contributed by atoms with Gasteiger partial charge in [0.15, 0.2) is 18.1 Å². The molecule has 2 aromatic carbocycles. The summed E-state index contributed by atoms with van der Waals surface area (Å²) in [7, 11) is -0.137. The van der Waals surface area contributed by atoms with Gasteiger partial charge in [-0.15, -0.1) is 0 Å². The lowest BCUT2D eigenvalue weighted by Gasteiger charge is -2.26. The number of hydrogen-bond donors (Lipinski definition) is 0. The average Bonchev–Trinajstić information content (AvgIpc) is 2.86. The number of hydrogen-bond acceptors (Lipinski definition) is 8. The molecule has 0 radical (unpaired) electrons. The molecule has 184 valence electrons. The molecule has 0 amide bonds. The van der Waals surface area contributed by atoms with E-state index in [9.17, 15) is 18.0 Å². The summed E-state index contributed by atoms with van der Waals surface area (Å²) in [5.74, 6) is 1.25. The molecule has 1 aliphatic heterocycles. The smallest absolute Gasteiger partial charge is 0.332 e. The first-order valence-corrected chi connectivity index (χ1v) is 12.8. The van der Waals surface area contributed by atoms with E-state index in [0.29, 0.717) is 28.3 Å². The first kappa shape index (κ1) is 24.3. The molecule has 1 saturated heterocycles. The van der Waals surface area contributed by atoms with E-state index in [1.165, 1.54) is 24.9 Å². The van der Waals surface area contributed by atoms with E-state index in [0.717, 1.165) is 4.57 Å². The van der Waals surface area contributed by atoms with Crippen LogP contribution >= 0.6 is 0 Å². The fourth-order valence-corrected chi connectivity index (χ4v) is 5.82. The molecule has 0 saturated carbocycles. The number of aromatic nitrogens is 2. The molecule has 0 unspecified atom stereocenters. The molecule has 1 aromatic heterocycles. The molecule has 0 atom stereocenters.